The Morgan fingerprint density at radius 3 is 2.83 bits per heavy atom. The predicted molar refractivity (Wildman–Crippen MR) is 85.0 cm³/mol. The molecule has 2 heterocycles. The van der Waals surface area contributed by atoms with Gasteiger partial charge in [-0.2, -0.15) is 11.3 Å². The molecule has 0 saturated heterocycles. The Hall–Kier alpha value is -2.22. The van der Waals surface area contributed by atoms with E-state index in [9.17, 15) is 9.59 Å². The largest absolute Gasteiger partial charge is 0.481 e. The third kappa shape index (κ3) is 6.19. The highest BCUT2D eigenvalue weighted by Gasteiger charge is 2.10. The summed E-state index contributed by atoms with van der Waals surface area (Å²) in [5.74, 6) is 0.0665. The topological polar surface area (TPSA) is 105 Å². The van der Waals surface area contributed by atoms with Crippen molar-refractivity contribution in [2.75, 3.05) is 6.54 Å². The zero-order valence-electron chi connectivity index (χ0n) is 12.7. The summed E-state index contributed by atoms with van der Waals surface area (Å²) in [6.07, 6.45) is 3.08. The number of aromatic nitrogens is 2. The van der Waals surface area contributed by atoms with Crippen molar-refractivity contribution in [3.63, 3.8) is 0 Å². The molecule has 0 radical (unpaired) electrons. The predicted octanol–water partition coefficient (Wildman–Crippen LogP) is 2.49. The van der Waals surface area contributed by atoms with Gasteiger partial charge in [-0.15, -0.1) is 10.2 Å². The van der Waals surface area contributed by atoms with Crippen LogP contribution in [0, 0.1) is 0 Å². The molecule has 2 aromatic rings. The van der Waals surface area contributed by atoms with Gasteiger partial charge in [0.05, 0.1) is 0 Å². The molecule has 0 aliphatic rings. The van der Waals surface area contributed by atoms with Crippen LogP contribution in [0.1, 0.15) is 38.0 Å². The van der Waals surface area contributed by atoms with Crippen LogP contribution in [0.4, 0.5) is 0 Å². The van der Waals surface area contributed by atoms with Crippen molar-refractivity contribution in [2.45, 2.75) is 38.5 Å². The van der Waals surface area contributed by atoms with Crippen LogP contribution in [0.2, 0.25) is 0 Å². The van der Waals surface area contributed by atoms with Gasteiger partial charge in [-0.3, -0.25) is 9.59 Å². The second kappa shape index (κ2) is 9.04. The van der Waals surface area contributed by atoms with Crippen molar-refractivity contribution >= 4 is 23.2 Å². The Balaban J connectivity index is 1.60. The number of carboxylic acid groups (broad SMARTS) is 1. The van der Waals surface area contributed by atoms with E-state index in [1.165, 1.54) is 0 Å². The minimum absolute atomic E-state index is 0.0708. The standard InChI is InChI=1S/C15H19N3O4S/c19-12(16-8-3-1-2-4-14(20)21)5-6-13-17-18-15(22-13)11-7-9-23-10-11/h7,9-10H,1-6,8H2,(H,16,19)(H,20,21). The molecule has 0 aromatic carbocycles. The maximum absolute atomic E-state index is 11.7. The zero-order valence-corrected chi connectivity index (χ0v) is 13.5. The SMILES string of the molecule is O=C(O)CCCCCNC(=O)CCc1nnc(-c2ccsc2)o1. The average molecular weight is 337 g/mol. The molecule has 0 aliphatic carbocycles. The Labute approximate surface area is 137 Å². The summed E-state index contributed by atoms with van der Waals surface area (Å²) in [6, 6.07) is 1.90. The number of rotatable bonds is 10. The van der Waals surface area contributed by atoms with Gasteiger partial charge < -0.3 is 14.8 Å². The smallest absolute Gasteiger partial charge is 0.303 e. The molecule has 2 N–H and O–H groups in total. The highest BCUT2D eigenvalue weighted by atomic mass is 32.1. The first-order valence-corrected chi connectivity index (χ1v) is 8.43. The minimum Gasteiger partial charge on any atom is -0.481 e. The normalized spacial score (nSPS) is 10.6. The first-order valence-electron chi connectivity index (χ1n) is 7.48. The monoisotopic (exact) mass is 337 g/mol. The molecule has 0 unspecified atom stereocenters. The van der Waals surface area contributed by atoms with Gasteiger partial charge in [0, 0.05) is 36.8 Å². The van der Waals surface area contributed by atoms with Gasteiger partial charge in [-0.25, -0.2) is 0 Å². The maximum atomic E-state index is 11.7. The number of nitrogens with zero attached hydrogens (tertiary/aromatic N) is 2. The van der Waals surface area contributed by atoms with Crippen molar-refractivity contribution in [1.29, 1.82) is 0 Å². The lowest BCUT2D eigenvalue weighted by Crippen LogP contribution is -2.24. The molecule has 23 heavy (non-hydrogen) atoms. The van der Waals surface area contributed by atoms with E-state index in [1.807, 2.05) is 16.8 Å². The number of carbonyl (C=O) groups excluding carboxylic acids is 1. The fourth-order valence-electron chi connectivity index (χ4n) is 1.97. The Morgan fingerprint density at radius 2 is 2.09 bits per heavy atom. The lowest BCUT2D eigenvalue weighted by atomic mass is 10.2. The third-order valence-electron chi connectivity index (χ3n) is 3.19. The van der Waals surface area contributed by atoms with E-state index in [0.29, 0.717) is 37.6 Å². The van der Waals surface area contributed by atoms with Crippen molar-refractivity contribution in [3.05, 3.63) is 22.7 Å². The van der Waals surface area contributed by atoms with Crippen molar-refractivity contribution in [1.82, 2.24) is 15.5 Å². The molecule has 0 aliphatic heterocycles. The molecule has 7 nitrogen and oxygen atoms in total. The number of aryl methyl sites for hydroxylation is 1. The summed E-state index contributed by atoms with van der Waals surface area (Å²) >= 11 is 1.55. The number of thiophene rings is 1. The molecule has 0 atom stereocenters. The third-order valence-corrected chi connectivity index (χ3v) is 3.87. The number of aliphatic carboxylic acids is 1. The van der Waals surface area contributed by atoms with Gasteiger partial charge in [0.2, 0.25) is 17.7 Å². The summed E-state index contributed by atoms with van der Waals surface area (Å²) in [4.78, 5) is 22.0. The number of carbonyl (C=O) groups is 2. The van der Waals surface area contributed by atoms with Crippen LogP contribution in [0.25, 0.3) is 11.5 Å². The number of hydrogen-bond donors (Lipinski definition) is 2. The Morgan fingerprint density at radius 1 is 1.22 bits per heavy atom. The summed E-state index contributed by atoms with van der Waals surface area (Å²) in [5.41, 5.74) is 0.888. The molecule has 2 aromatic heterocycles. The molecule has 0 spiro atoms. The van der Waals surface area contributed by atoms with Gasteiger partial charge >= 0.3 is 5.97 Å². The van der Waals surface area contributed by atoms with Crippen molar-refractivity contribution in [3.8, 4) is 11.5 Å². The Bertz CT molecular complexity index is 624. The second-order valence-corrected chi connectivity index (χ2v) is 5.85. The Kier molecular flexibility index (Phi) is 6.74. The molecule has 0 fully saturated rings. The van der Waals surface area contributed by atoms with Crippen LogP contribution in [0.15, 0.2) is 21.2 Å². The summed E-state index contributed by atoms with van der Waals surface area (Å²) in [6.45, 7) is 0.558. The molecule has 1 amide bonds. The molecule has 2 rings (SSSR count). The van der Waals surface area contributed by atoms with E-state index in [0.717, 1.165) is 18.4 Å². The molecule has 0 bridgehead atoms. The average Bonchev–Trinajstić information content (AvgIpc) is 3.18. The van der Waals surface area contributed by atoms with Crippen LogP contribution in [0.5, 0.6) is 0 Å². The van der Waals surface area contributed by atoms with Crippen LogP contribution in [0.3, 0.4) is 0 Å². The molecular formula is C15H19N3O4S. The van der Waals surface area contributed by atoms with E-state index < -0.39 is 5.97 Å². The summed E-state index contributed by atoms with van der Waals surface area (Å²) < 4.78 is 5.51. The first kappa shape index (κ1) is 17.1. The van der Waals surface area contributed by atoms with E-state index in [-0.39, 0.29) is 12.3 Å². The van der Waals surface area contributed by atoms with Gasteiger partial charge in [0.1, 0.15) is 0 Å². The fourth-order valence-corrected chi connectivity index (χ4v) is 2.60. The van der Waals surface area contributed by atoms with Gasteiger partial charge in [0.25, 0.3) is 0 Å². The number of carboxylic acids is 1. The summed E-state index contributed by atoms with van der Waals surface area (Å²) in [5, 5.41) is 23.1. The number of nitrogens with one attached hydrogen (secondary N) is 1. The van der Waals surface area contributed by atoms with E-state index in [4.69, 9.17) is 9.52 Å². The molecule has 8 heteroatoms. The van der Waals surface area contributed by atoms with Gasteiger partial charge in [-0.05, 0) is 24.3 Å². The fraction of sp³-hybridized carbons (Fsp3) is 0.467. The van der Waals surface area contributed by atoms with Crippen LogP contribution < -0.4 is 5.32 Å². The molecule has 124 valence electrons. The first-order chi connectivity index (χ1) is 11.1. The van der Waals surface area contributed by atoms with Gasteiger partial charge in [-0.1, -0.05) is 6.42 Å². The van der Waals surface area contributed by atoms with E-state index >= 15 is 0 Å². The van der Waals surface area contributed by atoms with Crippen molar-refractivity contribution < 1.29 is 19.1 Å². The van der Waals surface area contributed by atoms with E-state index in [2.05, 4.69) is 15.5 Å². The quantitative estimate of drug-likeness (QED) is 0.645. The van der Waals surface area contributed by atoms with Crippen LogP contribution in [-0.2, 0) is 16.0 Å². The molecule has 0 saturated carbocycles. The highest BCUT2D eigenvalue weighted by molar-refractivity contribution is 7.08. The minimum atomic E-state index is -0.782. The number of amides is 1. The zero-order chi connectivity index (χ0) is 16.5. The number of unbranched alkanes of at least 4 members (excludes halogenated alkanes) is 2. The molecular weight excluding hydrogens is 318 g/mol. The highest BCUT2D eigenvalue weighted by Crippen LogP contribution is 2.20. The van der Waals surface area contributed by atoms with Gasteiger partial charge in [0.15, 0.2) is 0 Å². The second-order valence-electron chi connectivity index (χ2n) is 5.07. The van der Waals surface area contributed by atoms with Crippen LogP contribution in [-0.4, -0.2) is 33.7 Å². The van der Waals surface area contributed by atoms with E-state index in [1.54, 1.807) is 11.3 Å². The summed E-state index contributed by atoms with van der Waals surface area (Å²) in [7, 11) is 0. The van der Waals surface area contributed by atoms with Crippen LogP contribution >= 0.6 is 11.3 Å². The number of hydrogen-bond acceptors (Lipinski definition) is 6. The lowest BCUT2D eigenvalue weighted by Gasteiger charge is -2.03. The van der Waals surface area contributed by atoms with Crippen molar-refractivity contribution in [2.24, 2.45) is 0 Å². The lowest BCUT2D eigenvalue weighted by molar-refractivity contribution is -0.137. The maximum Gasteiger partial charge on any atom is 0.303 e.